The molecule has 6 rings (SSSR count). The summed E-state index contributed by atoms with van der Waals surface area (Å²) in [5.74, 6) is -4.15. The molecule has 2 unspecified atom stereocenters. The first-order valence-corrected chi connectivity index (χ1v) is 23.5. The van der Waals surface area contributed by atoms with Gasteiger partial charge in [-0.1, -0.05) is 87.8 Å². The molecule has 3 aliphatic heterocycles. The molecule has 2 saturated heterocycles. The number of hydroxylamine groups is 2. The van der Waals surface area contributed by atoms with Crippen LogP contribution in [0.25, 0.3) is 0 Å². The molecule has 18 nitrogen and oxygen atoms in total. The summed E-state index contributed by atoms with van der Waals surface area (Å²) in [6.07, 6.45) is 3.33. The van der Waals surface area contributed by atoms with Gasteiger partial charge < -0.3 is 34.4 Å². The first-order valence-electron chi connectivity index (χ1n) is 23.1. The Balaban J connectivity index is 0.00000426. The van der Waals surface area contributed by atoms with Gasteiger partial charge in [-0.25, -0.2) is 14.3 Å². The predicted octanol–water partition coefficient (Wildman–Crippen LogP) is 5.72. The second-order valence-electron chi connectivity index (χ2n) is 17.9. The number of carbonyl (C=O) groups excluding carboxylic acids is 7. The van der Waals surface area contributed by atoms with Crippen LogP contribution in [0.4, 0.5) is 0 Å². The highest BCUT2D eigenvalue weighted by molar-refractivity contribution is 6.32. The van der Waals surface area contributed by atoms with Crippen molar-refractivity contribution < 1.29 is 57.3 Å². The van der Waals surface area contributed by atoms with Gasteiger partial charge in [0.15, 0.2) is 6.10 Å². The molecule has 0 aliphatic carbocycles. The van der Waals surface area contributed by atoms with Crippen LogP contribution in [0.5, 0.6) is 5.75 Å². The third-order valence-electron chi connectivity index (χ3n) is 11.5. The number of hydrogen-bond acceptors (Lipinski definition) is 14. The summed E-state index contributed by atoms with van der Waals surface area (Å²) in [4.78, 5) is 94.9. The first-order chi connectivity index (χ1) is 32.4. The summed E-state index contributed by atoms with van der Waals surface area (Å²) in [7, 11) is 1.49. The number of hydrogen-bond donors (Lipinski definition) is 2. The van der Waals surface area contributed by atoms with Gasteiger partial charge in [0.1, 0.15) is 24.0 Å². The second-order valence-corrected chi connectivity index (χ2v) is 18.3. The number of imide groups is 1. The van der Waals surface area contributed by atoms with Gasteiger partial charge in [-0.3, -0.25) is 24.0 Å². The summed E-state index contributed by atoms with van der Waals surface area (Å²) in [5, 5.41) is 14.8. The van der Waals surface area contributed by atoms with E-state index >= 15 is 0 Å². The number of nitrogens with zero attached hydrogens (tertiary/aromatic N) is 4. The van der Waals surface area contributed by atoms with Crippen molar-refractivity contribution in [3.8, 4) is 5.75 Å². The lowest BCUT2D eigenvalue weighted by molar-refractivity contribution is -0.197. The molecule has 19 heteroatoms. The lowest BCUT2D eigenvalue weighted by Crippen LogP contribution is -2.51. The molecule has 2 fully saturated rings. The van der Waals surface area contributed by atoms with Crippen molar-refractivity contribution in [1.29, 1.82) is 0 Å². The molecule has 0 saturated carbocycles. The molecular formula is C49H63ClN6O12. The fourth-order valence-corrected chi connectivity index (χ4v) is 7.85. The number of aromatic nitrogens is 3. The van der Waals surface area contributed by atoms with Gasteiger partial charge >= 0.3 is 17.9 Å². The number of rotatable bonds is 15. The standard InChI is InChI=1S/C47H57ClN6O12.C2H6/c1-27(2)21-37-45(60)63-35(10-8-11-38(55)50-34(23-30-15-18-36(62-6)33(48)22-30)44(59)49-26-47(4,5)46(61)64-37)28(3)42-43(65-42)31-16-13-29(14-17-31)24-53-25-32(51-52-53)9-7-12-41(58)66-54-39(56)19-20-40(54)57;1-2/h8,11,13-18,22,25,27-28,34-35,37,42-43H,7,9-10,12,19-21,23-24,26H2,1-6H3,(H,49,59)(H,50,55);1-2H3/b11-8+;/t28-,34+,35-,37-,42?,43?;/m0./s1. The highest BCUT2D eigenvalue weighted by atomic mass is 35.5. The average molecular weight is 964 g/mol. The van der Waals surface area contributed by atoms with Crippen molar-refractivity contribution in [2.75, 3.05) is 13.7 Å². The first kappa shape index (κ1) is 52.8. The molecule has 0 radical (unpaired) electrons. The Morgan fingerprint density at radius 2 is 1.66 bits per heavy atom. The Hall–Kier alpha value is -6.14. The molecule has 2 N–H and O–H groups in total. The summed E-state index contributed by atoms with van der Waals surface area (Å²) in [6.45, 7) is 13.2. The second kappa shape index (κ2) is 24.2. The van der Waals surface area contributed by atoms with E-state index < -0.39 is 65.2 Å². The largest absolute Gasteiger partial charge is 0.495 e. The van der Waals surface area contributed by atoms with Gasteiger partial charge in [-0.15, -0.1) is 10.2 Å². The Bertz CT molecular complexity index is 2300. The Kier molecular flexibility index (Phi) is 18.8. The van der Waals surface area contributed by atoms with E-state index in [9.17, 15) is 33.6 Å². The SMILES string of the molecule is CC.COc1ccc(C[C@H]2NC(=O)/C=C/C[C@@H]([C@H](C)C3OC3c3ccc(Cn4cc(CCCC(=O)ON5C(=O)CCC5=O)nn4)cc3)OC(=O)[C@H](CC(C)C)OC(=O)C(C)(C)CNC2=O)cc1Cl. The maximum absolute atomic E-state index is 13.9. The zero-order valence-electron chi connectivity index (χ0n) is 40.0. The zero-order chi connectivity index (χ0) is 49.7. The number of benzene rings is 2. The van der Waals surface area contributed by atoms with E-state index in [0.29, 0.717) is 46.5 Å². The lowest BCUT2D eigenvalue weighted by atomic mass is 9.92. The number of carbonyl (C=O) groups is 7. The molecule has 6 atom stereocenters. The Morgan fingerprint density at radius 3 is 2.32 bits per heavy atom. The van der Waals surface area contributed by atoms with Crippen LogP contribution >= 0.6 is 11.6 Å². The van der Waals surface area contributed by atoms with Crippen LogP contribution in [0.3, 0.4) is 0 Å². The van der Waals surface area contributed by atoms with Crippen molar-refractivity contribution in [1.82, 2.24) is 30.7 Å². The minimum absolute atomic E-state index is 0.00276. The van der Waals surface area contributed by atoms with Gasteiger partial charge in [0, 0.05) is 50.8 Å². The fraction of sp³-hybridized carbons (Fsp3) is 0.531. The van der Waals surface area contributed by atoms with Crippen LogP contribution in [0, 0.1) is 17.3 Å². The number of halogens is 1. The van der Waals surface area contributed by atoms with Gasteiger partial charge in [-0.2, -0.15) is 0 Å². The molecule has 3 aliphatic rings. The van der Waals surface area contributed by atoms with Crippen molar-refractivity contribution in [2.45, 2.75) is 137 Å². The van der Waals surface area contributed by atoms with E-state index in [4.69, 9.17) is 35.4 Å². The zero-order valence-corrected chi connectivity index (χ0v) is 40.7. The number of ether oxygens (including phenoxy) is 4. The van der Waals surface area contributed by atoms with Crippen LogP contribution < -0.4 is 15.4 Å². The van der Waals surface area contributed by atoms with E-state index in [1.54, 1.807) is 49.0 Å². The molecule has 1 aromatic heterocycles. The normalized spacial score (nSPS) is 23.1. The van der Waals surface area contributed by atoms with E-state index in [2.05, 4.69) is 20.9 Å². The number of nitrogens with one attached hydrogen (secondary N) is 2. The number of epoxide rings is 1. The monoisotopic (exact) mass is 962 g/mol. The molecule has 68 heavy (non-hydrogen) atoms. The van der Waals surface area contributed by atoms with Crippen LogP contribution in [-0.2, 0) is 72.0 Å². The quantitative estimate of drug-likeness (QED) is 0.106. The smallest absolute Gasteiger partial charge is 0.347 e. The van der Waals surface area contributed by atoms with E-state index in [0.717, 1.165) is 11.1 Å². The lowest BCUT2D eigenvalue weighted by Gasteiger charge is -2.29. The minimum atomic E-state index is -1.25. The van der Waals surface area contributed by atoms with Crippen LogP contribution in [0.2, 0.25) is 5.02 Å². The number of amides is 4. The number of aryl methyl sites for hydroxylation is 1. The molecular weight excluding hydrogens is 900 g/mol. The summed E-state index contributed by atoms with van der Waals surface area (Å²) in [6, 6.07) is 11.8. The maximum Gasteiger partial charge on any atom is 0.347 e. The predicted molar refractivity (Wildman–Crippen MR) is 247 cm³/mol. The van der Waals surface area contributed by atoms with Crippen LogP contribution in [0.15, 0.2) is 60.8 Å². The highest BCUT2D eigenvalue weighted by Gasteiger charge is 2.48. The maximum atomic E-state index is 13.9. The third-order valence-corrected chi connectivity index (χ3v) is 11.8. The average Bonchev–Trinajstić information content (AvgIpc) is 3.88. The number of esters is 2. The van der Waals surface area contributed by atoms with Crippen molar-refractivity contribution >= 4 is 53.1 Å². The summed E-state index contributed by atoms with van der Waals surface area (Å²) < 4.78 is 25.1. The van der Waals surface area contributed by atoms with Gasteiger partial charge in [0.05, 0.1) is 35.9 Å². The highest BCUT2D eigenvalue weighted by Crippen LogP contribution is 2.45. The Labute approximate surface area is 401 Å². The molecule has 3 aromatic rings. The van der Waals surface area contributed by atoms with E-state index in [-0.39, 0.29) is 69.1 Å². The van der Waals surface area contributed by atoms with Crippen LogP contribution in [-0.4, -0.2) is 99.6 Å². The van der Waals surface area contributed by atoms with Crippen molar-refractivity contribution in [2.24, 2.45) is 17.3 Å². The minimum Gasteiger partial charge on any atom is -0.495 e. The molecule has 2 aromatic carbocycles. The molecule has 4 heterocycles. The number of methoxy groups -OCH3 is 1. The Morgan fingerprint density at radius 1 is 0.971 bits per heavy atom. The molecule has 0 bridgehead atoms. The molecule has 0 spiro atoms. The van der Waals surface area contributed by atoms with Crippen molar-refractivity contribution in [3.63, 3.8) is 0 Å². The van der Waals surface area contributed by atoms with Gasteiger partial charge in [-0.05, 0) is 73.9 Å². The van der Waals surface area contributed by atoms with E-state index in [1.807, 2.05) is 58.9 Å². The molecule has 4 amide bonds. The third kappa shape index (κ3) is 14.7. The molecule has 368 valence electrons. The fourth-order valence-electron chi connectivity index (χ4n) is 7.57. The van der Waals surface area contributed by atoms with Crippen LogP contribution in [0.1, 0.15) is 115 Å². The van der Waals surface area contributed by atoms with Gasteiger partial charge in [0.2, 0.25) is 11.8 Å². The van der Waals surface area contributed by atoms with E-state index in [1.165, 1.54) is 13.2 Å². The van der Waals surface area contributed by atoms with Gasteiger partial charge in [0.25, 0.3) is 11.8 Å². The number of cyclic esters (lactones) is 2. The topological polar surface area (TPSA) is 227 Å². The van der Waals surface area contributed by atoms with Crippen molar-refractivity contribution in [3.05, 3.63) is 88.2 Å². The summed E-state index contributed by atoms with van der Waals surface area (Å²) in [5.41, 5.74) is 1.93. The summed E-state index contributed by atoms with van der Waals surface area (Å²) >= 11 is 6.36.